The molecule has 0 bridgehead atoms. The number of sulfone groups is 1. The molecule has 4 aromatic carbocycles. The number of amides is 2. The van der Waals surface area contributed by atoms with E-state index in [4.69, 9.17) is 0 Å². The molecule has 0 fully saturated rings. The van der Waals surface area contributed by atoms with Crippen LogP contribution in [0.4, 0.5) is 10.1 Å². The van der Waals surface area contributed by atoms with Crippen LogP contribution in [0.1, 0.15) is 26.3 Å². The van der Waals surface area contributed by atoms with Crippen LogP contribution in [0.5, 0.6) is 0 Å². The van der Waals surface area contributed by atoms with E-state index in [1.54, 1.807) is 24.3 Å². The van der Waals surface area contributed by atoms with Gasteiger partial charge in [-0.1, -0.05) is 48.5 Å². The molecule has 0 aromatic heterocycles. The summed E-state index contributed by atoms with van der Waals surface area (Å²) >= 11 is 0. The molecule has 0 unspecified atom stereocenters. The van der Waals surface area contributed by atoms with Crippen LogP contribution in [0.3, 0.4) is 0 Å². The highest BCUT2D eigenvalue weighted by molar-refractivity contribution is 7.91. The van der Waals surface area contributed by atoms with Gasteiger partial charge in [0.2, 0.25) is 9.84 Å². The third-order valence-corrected chi connectivity index (χ3v) is 7.66. The van der Waals surface area contributed by atoms with Gasteiger partial charge in [0.15, 0.2) is 0 Å². The van der Waals surface area contributed by atoms with Crippen molar-refractivity contribution in [2.75, 3.05) is 5.32 Å². The maximum absolute atomic E-state index is 13.1. The zero-order chi connectivity index (χ0) is 24.6. The zero-order valence-electron chi connectivity index (χ0n) is 18.3. The minimum absolute atomic E-state index is 0.0544. The molecule has 2 amide bonds. The number of nitrogens with one attached hydrogen (secondary N) is 2. The SMILES string of the molecule is O=C(NCc1ccc(-c2ccc(F)cc2)cc1)c1ccc2c(c1)NC(=O)c1ccccc1S2(=O)=O. The minimum Gasteiger partial charge on any atom is -0.348 e. The van der Waals surface area contributed by atoms with Gasteiger partial charge in [0, 0.05) is 12.1 Å². The lowest BCUT2D eigenvalue weighted by Gasteiger charge is -2.11. The summed E-state index contributed by atoms with van der Waals surface area (Å²) in [6.45, 7) is 0.246. The Hall–Kier alpha value is -4.30. The fraction of sp³-hybridized carbons (Fsp3) is 0.0370. The number of halogens is 1. The first-order chi connectivity index (χ1) is 16.8. The van der Waals surface area contributed by atoms with E-state index in [0.29, 0.717) is 0 Å². The quantitative estimate of drug-likeness (QED) is 0.433. The van der Waals surface area contributed by atoms with Crippen LogP contribution >= 0.6 is 0 Å². The molecule has 0 aliphatic carbocycles. The molecule has 1 heterocycles. The first-order valence-corrected chi connectivity index (χ1v) is 12.2. The monoisotopic (exact) mass is 486 g/mol. The summed E-state index contributed by atoms with van der Waals surface area (Å²) in [5, 5.41) is 5.41. The molecule has 0 radical (unpaired) electrons. The Bertz CT molecular complexity index is 1560. The molecule has 1 aliphatic heterocycles. The summed E-state index contributed by atoms with van der Waals surface area (Å²) in [5.41, 5.74) is 2.98. The molecule has 4 aromatic rings. The van der Waals surface area contributed by atoms with E-state index >= 15 is 0 Å². The van der Waals surface area contributed by atoms with Crippen molar-refractivity contribution in [3.05, 3.63) is 114 Å². The molecule has 0 spiro atoms. The standard InChI is InChI=1S/C27H19FN2O4S/c28-21-12-9-19(10-13-21)18-7-5-17(6-8-18)16-29-26(31)20-11-14-25-23(15-20)30-27(32)22-3-1-2-4-24(22)35(25,33)34/h1-15H,16H2,(H,29,31)(H,30,32). The molecular weight excluding hydrogens is 467 g/mol. The van der Waals surface area contributed by atoms with Crippen molar-refractivity contribution in [3.8, 4) is 11.1 Å². The van der Waals surface area contributed by atoms with Gasteiger partial charge in [-0.2, -0.15) is 0 Å². The van der Waals surface area contributed by atoms with E-state index in [1.807, 2.05) is 24.3 Å². The summed E-state index contributed by atoms with van der Waals surface area (Å²) in [6.07, 6.45) is 0. The van der Waals surface area contributed by atoms with E-state index in [1.165, 1.54) is 42.5 Å². The Morgan fingerprint density at radius 2 is 1.49 bits per heavy atom. The van der Waals surface area contributed by atoms with Gasteiger partial charge in [0.05, 0.1) is 21.0 Å². The van der Waals surface area contributed by atoms with Crippen molar-refractivity contribution >= 4 is 27.3 Å². The molecule has 1 aliphatic rings. The molecule has 2 N–H and O–H groups in total. The molecule has 0 atom stereocenters. The summed E-state index contributed by atoms with van der Waals surface area (Å²) in [4.78, 5) is 25.2. The number of fused-ring (bicyclic) bond motifs is 2. The van der Waals surface area contributed by atoms with Gasteiger partial charge in [-0.05, 0) is 59.2 Å². The van der Waals surface area contributed by atoms with Crippen molar-refractivity contribution in [1.82, 2.24) is 5.32 Å². The number of anilines is 1. The van der Waals surface area contributed by atoms with Gasteiger partial charge >= 0.3 is 0 Å². The second-order valence-corrected chi connectivity index (χ2v) is 9.94. The van der Waals surface area contributed by atoms with Gasteiger partial charge in [0.25, 0.3) is 11.8 Å². The fourth-order valence-electron chi connectivity index (χ4n) is 3.94. The molecule has 35 heavy (non-hydrogen) atoms. The van der Waals surface area contributed by atoms with Crippen molar-refractivity contribution in [2.45, 2.75) is 16.3 Å². The van der Waals surface area contributed by atoms with Gasteiger partial charge in [0.1, 0.15) is 5.82 Å². The smallest absolute Gasteiger partial charge is 0.257 e. The summed E-state index contributed by atoms with van der Waals surface area (Å²) < 4.78 is 39.3. The zero-order valence-corrected chi connectivity index (χ0v) is 19.1. The Kier molecular flexibility index (Phi) is 5.66. The van der Waals surface area contributed by atoms with Crippen molar-refractivity contribution in [3.63, 3.8) is 0 Å². The number of carbonyl (C=O) groups is 2. The second kappa shape index (κ2) is 8.81. The lowest BCUT2D eigenvalue weighted by Crippen LogP contribution is -2.23. The Morgan fingerprint density at radius 1 is 0.829 bits per heavy atom. The highest BCUT2D eigenvalue weighted by Gasteiger charge is 2.31. The van der Waals surface area contributed by atoms with Crippen LogP contribution in [-0.2, 0) is 16.4 Å². The number of rotatable bonds is 4. The van der Waals surface area contributed by atoms with Crippen LogP contribution in [0.2, 0.25) is 0 Å². The third-order valence-electron chi connectivity index (χ3n) is 5.79. The molecule has 8 heteroatoms. The van der Waals surface area contributed by atoms with Crippen LogP contribution in [0.15, 0.2) is 101 Å². The minimum atomic E-state index is -3.93. The van der Waals surface area contributed by atoms with Crippen LogP contribution in [0, 0.1) is 5.82 Å². The predicted octanol–water partition coefficient (Wildman–Crippen LogP) is 4.82. The van der Waals surface area contributed by atoms with Crippen LogP contribution < -0.4 is 10.6 Å². The van der Waals surface area contributed by atoms with Crippen molar-refractivity contribution in [2.24, 2.45) is 0 Å². The number of hydrogen-bond donors (Lipinski definition) is 2. The molecule has 0 saturated carbocycles. The van der Waals surface area contributed by atoms with Gasteiger partial charge in [-0.15, -0.1) is 0 Å². The summed E-state index contributed by atoms with van der Waals surface area (Å²) in [6, 6.07) is 23.8. The fourth-order valence-corrected chi connectivity index (χ4v) is 5.53. The Labute approximate surface area is 201 Å². The second-order valence-electron chi connectivity index (χ2n) is 8.05. The van der Waals surface area contributed by atoms with E-state index < -0.39 is 21.7 Å². The highest BCUT2D eigenvalue weighted by atomic mass is 32.2. The summed E-state index contributed by atoms with van der Waals surface area (Å²) in [5.74, 6) is -1.27. The maximum atomic E-state index is 13.1. The first kappa shape index (κ1) is 22.5. The lowest BCUT2D eigenvalue weighted by atomic mass is 10.0. The van der Waals surface area contributed by atoms with E-state index in [2.05, 4.69) is 10.6 Å². The van der Waals surface area contributed by atoms with Crippen LogP contribution in [-0.4, -0.2) is 20.2 Å². The first-order valence-electron chi connectivity index (χ1n) is 10.8. The molecule has 0 saturated heterocycles. The van der Waals surface area contributed by atoms with Crippen molar-refractivity contribution in [1.29, 1.82) is 0 Å². The summed E-state index contributed by atoms with van der Waals surface area (Å²) in [7, 11) is -3.93. The average Bonchev–Trinajstić information content (AvgIpc) is 2.95. The largest absolute Gasteiger partial charge is 0.348 e. The Morgan fingerprint density at radius 3 is 2.20 bits per heavy atom. The number of hydrogen-bond acceptors (Lipinski definition) is 4. The predicted molar refractivity (Wildman–Crippen MR) is 129 cm³/mol. The van der Waals surface area contributed by atoms with Crippen molar-refractivity contribution < 1.29 is 22.4 Å². The van der Waals surface area contributed by atoms with Crippen LogP contribution in [0.25, 0.3) is 11.1 Å². The Balaban J connectivity index is 1.33. The molecule has 174 valence electrons. The normalized spacial score (nSPS) is 13.7. The number of benzene rings is 4. The van der Waals surface area contributed by atoms with E-state index in [0.717, 1.165) is 16.7 Å². The highest BCUT2D eigenvalue weighted by Crippen LogP contribution is 2.34. The van der Waals surface area contributed by atoms with Gasteiger partial charge in [-0.25, -0.2) is 12.8 Å². The maximum Gasteiger partial charge on any atom is 0.257 e. The average molecular weight is 487 g/mol. The molecule has 5 rings (SSSR count). The topological polar surface area (TPSA) is 92.3 Å². The number of carbonyl (C=O) groups excluding carboxylic acids is 2. The van der Waals surface area contributed by atoms with Gasteiger partial charge < -0.3 is 10.6 Å². The van der Waals surface area contributed by atoms with Gasteiger partial charge in [-0.3, -0.25) is 9.59 Å². The van der Waals surface area contributed by atoms with E-state index in [9.17, 15) is 22.4 Å². The molecular formula is C27H19FN2O4S. The lowest BCUT2D eigenvalue weighted by molar-refractivity contribution is 0.0949. The third kappa shape index (κ3) is 4.31. The molecule has 6 nitrogen and oxygen atoms in total. The van der Waals surface area contributed by atoms with E-state index in [-0.39, 0.29) is 39.0 Å².